The smallest absolute Gasteiger partial charge is 0.275 e. The van der Waals surface area contributed by atoms with Crippen molar-refractivity contribution < 1.29 is 9.53 Å². The third kappa shape index (κ3) is 3.18. The second-order valence-corrected chi connectivity index (χ2v) is 5.92. The van der Waals surface area contributed by atoms with Gasteiger partial charge in [-0.1, -0.05) is 17.7 Å². The fourth-order valence-electron chi connectivity index (χ4n) is 2.19. The van der Waals surface area contributed by atoms with Gasteiger partial charge in [-0.25, -0.2) is 5.84 Å². The molecule has 0 spiro atoms. The van der Waals surface area contributed by atoms with Gasteiger partial charge in [0, 0.05) is 4.88 Å². The van der Waals surface area contributed by atoms with E-state index < -0.39 is 0 Å². The lowest BCUT2D eigenvalue weighted by Gasteiger charge is -2.12. The molecule has 0 unspecified atom stereocenters. The molecule has 1 amide bonds. The molecule has 1 aromatic heterocycles. The van der Waals surface area contributed by atoms with Gasteiger partial charge in [0.1, 0.15) is 12.4 Å². The number of carbonyl (C=O) groups is 1. The second kappa shape index (κ2) is 6.07. The summed E-state index contributed by atoms with van der Waals surface area (Å²) in [5.74, 6) is 5.74. The van der Waals surface area contributed by atoms with Gasteiger partial charge in [-0.15, -0.1) is 11.3 Å². The quantitative estimate of drug-likeness (QED) is 0.517. The van der Waals surface area contributed by atoms with Crippen LogP contribution in [-0.2, 0) is 6.61 Å². The molecule has 2 rings (SSSR count). The maximum Gasteiger partial charge on any atom is 0.275 e. The molecule has 106 valence electrons. The molecule has 0 fully saturated rings. The Morgan fingerprint density at radius 1 is 1.25 bits per heavy atom. The normalized spacial score (nSPS) is 10.4. The van der Waals surface area contributed by atoms with Crippen molar-refractivity contribution in [3.05, 3.63) is 50.7 Å². The van der Waals surface area contributed by atoms with Gasteiger partial charge in [0.25, 0.3) is 5.91 Å². The average Bonchev–Trinajstić information content (AvgIpc) is 2.85. The van der Waals surface area contributed by atoms with Crippen molar-refractivity contribution in [1.29, 1.82) is 0 Å². The van der Waals surface area contributed by atoms with E-state index in [0.717, 1.165) is 21.8 Å². The number of hydrazine groups is 1. The Morgan fingerprint density at radius 2 is 1.90 bits per heavy atom. The monoisotopic (exact) mass is 290 g/mol. The van der Waals surface area contributed by atoms with Crippen LogP contribution < -0.4 is 16.0 Å². The highest BCUT2D eigenvalue weighted by molar-refractivity contribution is 7.14. The lowest BCUT2D eigenvalue weighted by atomic mass is 10.1. The fraction of sp³-hybridized carbons (Fsp3) is 0.267. The Hall–Kier alpha value is -1.85. The van der Waals surface area contributed by atoms with Crippen LogP contribution in [0.1, 0.15) is 31.2 Å². The largest absolute Gasteiger partial charge is 0.488 e. The average molecular weight is 290 g/mol. The first kappa shape index (κ1) is 14.6. The molecule has 0 radical (unpaired) electrons. The number of thiophene rings is 1. The zero-order valence-electron chi connectivity index (χ0n) is 11.8. The molecule has 0 aliphatic rings. The molecule has 2 aromatic rings. The van der Waals surface area contributed by atoms with Crippen molar-refractivity contribution in [3.63, 3.8) is 0 Å². The van der Waals surface area contributed by atoms with E-state index in [1.807, 2.05) is 19.9 Å². The van der Waals surface area contributed by atoms with Crippen LogP contribution in [0, 0.1) is 20.8 Å². The number of benzene rings is 1. The fourth-order valence-corrected chi connectivity index (χ4v) is 3.01. The number of carbonyl (C=O) groups excluding carboxylic acids is 1. The van der Waals surface area contributed by atoms with Crippen molar-refractivity contribution in [3.8, 4) is 5.75 Å². The maximum absolute atomic E-state index is 11.4. The number of ether oxygens (including phenoxy) is 1. The zero-order valence-corrected chi connectivity index (χ0v) is 12.6. The SMILES string of the molecule is Cc1cc(C)c(OCc2ccc(C(=O)NN)s2)c(C)c1. The highest BCUT2D eigenvalue weighted by atomic mass is 32.1. The molecule has 3 N–H and O–H groups in total. The number of hydrogen-bond acceptors (Lipinski definition) is 4. The second-order valence-electron chi connectivity index (χ2n) is 4.76. The number of rotatable bonds is 4. The van der Waals surface area contributed by atoms with Crippen molar-refractivity contribution in [1.82, 2.24) is 5.43 Å². The van der Waals surface area contributed by atoms with Gasteiger partial charge in [-0.05, 0) is 44.0 Å². The van der Waals surface area contributed by atoms with E-state index in [0.29, 0.717) is 11.5 Å². The van der Waals surface area contributed by atoms with Gasteiger partial charge in [0.2, 0.25) is 0 Å². The predicted molar refractivity (Wildman–Crippen MR) is 81.0 cm³/mol. The van der Waals surface area contributed by atoms with Crippen LogP contribution in [0.15, 0.2) is 24.3 Å². The lowest BCUT2D eigenvalue weighted by molar-refractivity contribution is 0.0957. The molecule has 0 bridgehead atoms. The number of nitrogens with one attached hydrogen (secondary N) is 1. The van der Waals surface area contributed by atoms with Gasteiger partial charge < -0.3 is 4.74 Å². The standard InChI is InChI=1S/C15H18N2O2S/c1-9-6-10(2)14(11(3)7-9)19-8-12-4-5-13(20-12)15(18)17-16/h4-7H,8,16H2,1-3H3,(H,17,18). The van der Waals surface area contributed by atoms with Crippen LogP contribution in [0.4, 0.5) is 0 Å². The summed E-state index contributed by atoms with van der Waals surface area (Å²) in [6.45, 7) is 6.60. The number of hydrogen-bond donors (Lipinski definition) is 2. The number of aryl methyl sites for hydroxylation is 3. The molecular weight excluding hydrogens is 272 g/mol. The molecule has 4 nitrogen and oxygen atoms in total. The van der Waals surface area contributed by atoms with Crippen molar-refractivity contribution in [2.24, 2.45) is 5.84 Å². The summed E-state index contributed by atoms with van der Waals surface area (Å²) in [5.41, 5.74) is 5.60. The summed E-state index contributed by atoms with van der Waals surface area (Å²) in [6, 6.07) is 7.84. The third-order valence-corrected chi connectivity index (χ3v) is 4.04. The molecular formula is C15H18N2O2S. The first-order valence-electron chi connectivity index (χ1n) is 6.31. The predicted octanol–water partition coefficient (Wildman–Crippen LogP) is 2.86. The molecule has 0 aliphatic heterocycles. The summed E-state index contributed by atoms with van der Waals surface area (Å²) in [6.07, 6.45) is 0. The van der Waals surface area contributed by atoms with E-state index >= 15 is 0 Å². The van der Waals surface area contributed by atoms with Gasteiger partial charge in [-0.3, -0.25) is 10.2 Å². The lowest BCUT2D eigenvalue weighted by Crippen LogP contribution is -2.29. The summed E-state index contributed by atoms with van der Waals surface area (Å²) in [7, 11) is 0. The summed E-state index contributed by atoms with van der Waals surface area (Å²) < 4.78 is 5.88. The van der Waals surface area contributed by atoms with E-state index in [-0.39, 0.29) is 5.91 Å². The Kier molecular flexibility index (Phi) is 4.42. The minimum absolute atomic E-state index is 0.274. The third-order valence-electron chi connectivity index (χ3n) is 2.98. The van der Waals surface area contributed by atoms with Crippen molar-refractivity contribution in [2.75, 3.05) is 0 Å². The van der Waals surface area contributed by atoms with Gasteiger partial charge >= 0.3 is 0 Å². The van der Waals surface area contributed by atoms with Crippen LogP contribution in [0.3, 0.4) is 0 Å². The van der Waals surface area contributed by atoms with E-state index in [1.54, 1.807) is 6.07 Å². The van der Waals surface area contributed by atoms with Gasteiger partial charge in [0.05, 0.1) is 4.88 Å². The van der Waals surface area contributed by atoms with Crippen LogP contribution in [0.5, 0.6) is 5.75 Å². The molecule has 5 heteroatoms. The van der Waals surface area contributed by atoms with E-state index in [1.165, 1.54) is 16.9 Å². The number of amides is 1. The van der Waals surface area contributed by atoms with E-state index in [4.69, 9.17) is 10.6 Å². The highest BCUT2D eigenvalue weighted by Crippen LogP contribution is 2.26. The van der Waals surface area contributed by atoms with Crippen molar-refractivity contribution >= 4 is 17.2 Å². The summed E-state index contributed by atoms with van der Waals surface area (Å²) in [4.78, 5) is 13.0. The van der Waals surface area contributed by atoms with Crippen LogP contribution in [0.25, 0.3) is 0 Å². The van der Waals surface area contributed by atoms with E-state index in [9.17, 15) is 4.79 Å². The highest BCUT2D eigenvalue weighted by Gasteiger charge is 2.09. The zero-order chi connectivity index (χ0) is 14.7. The molecule has 0 saturated heterocycles. The molecule has 0 aliphatic carbocycles. The summed E-state index contributed by atoms with van der Waals surface area (Å²) in [5, 5.41) is 0. The number of nitrogen functional groups attached to an aromatic ring is 1. The number of nitrogens with two attached hydrogens (primary N) is 1. The molecule has 0 atom stereocenters. The Morgan fingerprint density at radius 3 is 2.50 bits per heavy atom. The Bertz CT molecular complexity index is 612. The van der Waals surface area contributed by atoms with Gasteiger partial charge in [-0.2, -0.15) is 0 Å². The Labute approximate surface area is 122 Å². The molecule has 1 heterocycles. The molecule has 20 heavy (non-hydrogen) atoms. The van der Waals surface area contributed by atoms with Crippen molar-refractivity contribution in [2.45, 2.75) is 27.4 Å². The first-order chi connectivity index (χ1) is 9.51. The van der Waals surface area contributed by atoms with Crippen LogP contribution in [0.2, 0.25) is 0 Å². The molecule has 1 aromatic carbocycles. The van der Waals surface area contributed by atoms with Crippen LogP contribution in [-0.4, -0.2) is 5.91 Å². The Balaban J connectivity index is 2.09. The minimum Gasteiger partial charge on any atom is -0.488 e. The van der Waals surface area contributed by atoms with Crippen LogP contribution >= 0.6 is 11.3 Å². The topological polar surface area (TPSA) is 64.3 Å². The maximum atomic E-state index is 11.4. The molecule has 0 saturated carbocycles. The minimum atomic E-state index is -0.274. The summed E-state index contributed by atoms with van der Waals surface area (Å²) >= 11 is 1.38. The van der Waals surface area contributed by atoms with Gasteiger partial charge in [0.15, 0.2) is 0 Å². The first-order valence-corrected chi connectivity index (χ1v) is 7.13. The van der Waals surface area contributed by atoms with E-state index in [2.05, 4.69) is 24.5 Å².